The Hall–Kier alpha value is -0.370. The Bertz CT molecular complexity index is 535. The number of hydrogen-bond donors (Lipinski definition) is 1. The summed E-state index contributed by atoms with van der Waals surface area (Å²) in [5, 5.41) is 0. The molecule has 0 aromatic heterocycles. The summed E-state index contributed by atoms with van der Waals surface area (Å²) in [7, 11) is -1.53. The van der Waals surface area contributed by atoms with Crippen LogP contribution in [0, 0.1) is 0 Å². The summed E-state index contributed by atoms with van der Waals surface area (Å²) in [6, 6.07) is 7.55. The summed E-state index contributed by atoms with van der Waals surface area (Å²) in [5.74, 6) is 1.65. The van der Waals surface area contributed by atoms with Gasteiger partial charge in [-0.15, -0.1) is 11.8 Å². The van der Waals surface area contributed by atoms with Crippen molar-refractivity contribution in [3.63, 3.8) is 0 Å². The molecule has 0 bridgehead atoms. The average molecular weight is 349 g/mol. The number of sulfonamides is 1. The first-order valence-electron chi connectivity index (χ1n) is 6.80. The predicted octanol–water partition coefficient (Wildman–Crippen LogP) is 2.76. The van der Waals surface area contributed by atoms with Crippen LogP contribution in [0.15, 0.2) is 29.2 Å². The van der Waals surface area contributed by atoms with Crippen molar-refractivity contribution in [3.8, 4) is 0 Å². The van der Waals surface area contributed by atoms with Crippen molar-refractivity contribution < 1.29 is 8.42 Å². The van der Waals surface area contributed by atoms with Crippen molar-refractivity contribution in [2.45, 2.75) is 24.3 Å². The Kier molecular flexibility index (Phi) is 7.94. The minimum absolute atomic E-state index is 0.0415. The Balaban J connectivity index is 2.48. The van der Waals surface area contributed by atoms with E-state index < -0.39 is 10.0 Å². The van der Waals surface area contributed by atoms with Gasteiger partial charge < -0.3 is 5.73 Å². The van der Waals surface area contributed by atoms with Crippen LogP contribution in [-0.4, -0.2) is 49.3 Å². The lowest BCUT2D eigenvalue weighted by Crippen LogP contribution is -2.37. The average Bonchev–Trinajstić information content (AvgIpc) is 2.43. The Labute approximate surface area is 136 Å². The summed E-state index contributed by atoms with van der Waals surface area (Å²) in [5.41, 5.74) is 6.41. The lowest BCUT2D eigenvalue weighted by atomic mass is 10.3. The topological polar surface area (TPSA) is 63.4 Å². The number of anilines is 1. The number of benzene rings is 1. The molecule has 1 unspecified atom stereocenters. The number of thioether (sulfide) groups is 2. The number of nitrogen functional groups attached to an aromatic ring is 1. The van der Waals surface area contributed by atoms with Crippen LogP contribution in [0.4, 0.5) is 5.69 Å². The van der Waals surface area contributed by atoms with Gasteiger partial charge >= 0.3 is 0 Å². The van der Waals surface area contributed by atoms with E-state index >= 15 is 0 Å². The van der Waals surface area contributed by atoms with Crippen LogP contribution in [-0.2, 0) is 10.0 Å². The monoisotopic (exact) mass is 348 g/mol. The molecule has 120 valence electrons. The quantitative estimate of drug-likeness (QED) is 0.549. The molecule has 7 heteroatoms. The second kappa shape index (κ2) is 8.92. The van der Waals surface area contributed by atoms with Gasteiger partial charge in [-0.1, -0.05) is 6.07 Å². The summed E-state index contributed by atoms with van der Waals surface area (Å²) in [6.07, 6.45) is 2.91. The molecule has 0 saturated heterocycles. The molecule has 0 spiro atoms. The van der Waals surface area contributed by atoms with Gasteiger partial charge in [-0.25, -0.2) is 12.7 Å². The van der Waals surface area contributed by atoms with Crippen molar-refractivity contribution in [3.05, 3.63) is 24.3 Å². The van der Waals surface area contributed by atoms with E-state index in [0.29, 0.717) is 11.4 Å². The van der Waals surface area contributed by atoms with Crippen LogP contribution < -0.4 is 5.73 Å². The summed E-state index contributed by atoms with van der Waals surface area (Å²) >= 11 is 3.26. The van der Waals surface area contributed by atoms with Gasteiger partial charge in [-0.2, -0.15) is 11.8 Å². The molecule has 4 nitrogen and oxygen atoms in total. The molecule has 1 rings (SSSR count). The normalized spacial score (nSPS) is 13.5. The third-order valence-electron chi connectivity index (χ3n) is 3.27. The standard InChI is InChI=1S/C14H24N2O2S3/c1-12(7-8-19-3)16(2)21(17,18)10-9-20-14-6-4-5-13(15)11-14/h4-6,11-12H,7-10,15H2,1-3H3. The smallest absolute Gasteiger partial charge is 0.214 e. The highest BCUT2D eigenvalue weighted by molar-refractivity contribution is 8.00. The molecule has 0 aliphatic rings. The van der Waals surface area contributed by atoms with Gasteiger partial charge in [0.15, 0.2) is 0 Å². The molecule has 1 aromatic rings. The zero-order valence-electron chi connectivity index (χ0n) is 12.8. The fourth-order valence-corrected chi connectivity index (χ4v) is 5.08. The van der Waals surface area contributed by atoms with E-state index in [4.69, 9.17) is 5.73 Å². The van der Waals surface area contributed by atoms with Gasteiger partial charge in [-0.3, -0.25) is 0 Å². The number of nitrogens with two attached hydrogens (primary N) is 1. The van der Waals surface area contributed by atoms with Gasteiger partial charge in [0, 0.05) is 29.4 Å². The van der Waals surface area contributed by atoms with Crippen molar-refractivity contribution in [2.75, 3.05) is 36.3 Å². The van der Waals surface area contributed by atoms with Crippen molar-refractivity contribution >= 4 is 39.2 Å². The third kappa shape index (κ3) is 6.50. The first kappa shape index (κ1) is 18.7. The zero-order chi connectivity index (χ0) is 15.9. The Morgan fingerprint density at radius 3 is 2.67 bits per heavy atom. The van der Waals surface area contributed by atoms with Crippen molar-refractivity contribution in [1.82, 2.24) is 4.31 Å². The number of nitrogens with zero attached hydrogens (tertiary/aromatic N) is 1. The largest absolute Gasteiger partial charge is 0.399 e. The summed E-state index contributed by atoms with van der Waals surface area (Å²) < 4.78 is 26.0. The fraction of sp³-hybridized carbons (Fsp3) is 0.571. The van der Waals surface area contributed by atoms with Gasteiger partial charge in [0.2, 0.25) is 10.0 Å². The molecule has 1 aromatic carbocycles. The first-order chi connectivity index (χ1) is 9.86. The minimum Gasteiger partial charge on any atom is -0.399 e. The number of rotatable bonds is 9. The first-order valence-corrected chi connectivity index (χ1v) is 10.8. The van der Waals surface area contributed by atoms with E-state index in [-0.39, 0.29) is 11.8 Å². The van der Waals surface area contributed by atoms with E-state index in [9.17, 15) is 8.42 Å². The van der Waals surface area contributed by atoms with E-state index in [1.165, 1.54) is 16.1 Å². The van der Waals surface area contributed by atoms with Crippen molar-refractivity contribution in [1.29, 1.82) is 0 Å². The minimum atomic E-state index is -3.20. The van der Waals surface area contributed by atoms with Gasteiger partial charge in [0.1, 0.15) is 0 Å². The molecule has 0 radical (unpaired) electrons. The fourth-order valence-electron chi connectivity index (χ4n) is 1.76. The molecule has 0 saturated carbocycles. The van der Waals surface area contributed by atoms with Crippen LogP contribution in [0.2, 0.25) is 0 Å². The highest BCUT2D eigenvalue weighted by Crippen LogP contribution is 2.21. The van der Waals surface area contributed by atoms with Crippen LogP contribution in [0.25, 0.3) is 0 Å². The maximum Gasteiger partial charge on any atom is 0.214 e. The molecule has 0 aliphatic carbocycles. The molecule has 1 atom stereocenters. The lowest BCUT2D eigenvalue weighted by molar-refractivity contribution is 0.383. The molecule has 21 heavy (non-hydrogen) atoms. The molecule has 0 fully saturated rings. The van der Waals surface area contributed by atoms with Crippen molar-refractivity contribution in [2.24, 2.45) is 0 Å². The number of hydrogen-bond acceptors (Lipinski definition) is 5. The highest BCUT2D eigenvalue weighted by atomic mass is 32.2. The Morgan fingerprint density at radius 1 is 1.33 bits per heavy atom. The SMILES string of the molecule is CSCCC(C)N(C)S(=O)(=O)CCSc1cccc(N)c1. The van der Waals surface area contributed by atoms with E-state index in [2.05, 4.69) is 0 Å². The molecular weight excluding hydrogens is 324 g/mol. The van der Waals surface area contributed by atoms with Gasteiger partial charge in [0.05, 0.1) is 5.75 Å². The second-order valence-electron chi connectivity index (χ2n) is 4.88. The molecule has 0 heterocycles. The predicted molar refractivity (Wildman–Crippen MR) is 95.6 cm³/mol. The second-order valence-corrected chi connectivity index (χ2v) is 9.19. The van der Waals surface area contributed by atoms with Crippen LogP contribution in [0.5, 0.6) is 0 Å². The van der Waals surface area contributed by atoms with E-state index in [0.717, 1.165) is 17.1 Å². The third-order valence-corrected chi connectivity index (χ3v) is 7.12. The maximum absolute atomic E-state index is 12.3. The molecule has 0 aliphatic heterocycles. The Morgan fingerprint density at radius 2 is 2.05 bits per heavy atom. The maximum atomic E-state index is 12.3. The van der Waals surface area contributed by atoms with Gasteiger partial charge in [0.25, 0.3) is 0 Å². The van der Waals surface area contributed by atoms with Crippen LogP contribution >= 0.6 is 23.5 Å². The summed E-state index contributed by atoms with van der Waals surface area (Å²) in [4.78, 5) is 1.00. The van der Waals surface area contributed by atoms with Crippen LogP contribution in [0.1, 0.15) is 13.3 Å². The molecule has 2 N–H and O–H groups in total. The lowest BCUT2D eigenvalue weighted by Gasteiger charge is -2.24. The summed E-state index contributed by atoms with van der Waals surface area (Å²) in [6.45, 7) is 1.96. The van der Waals surface area contributed by atoms with E-state index in [1.807, 2.05) is 37.4 Å². The van der Waals surface area contributed by atoms with Gasteiger partial charge in [-0.05, 0) is 43.6 Å². The molecular formula is C14H24N2O2S3. The van der Waals surface area contributed by atoms with Crippen LogP contribution in [0.3, 0.4) is 0 Å². The highest BCUT2D eigenvalue weighted by Gasteiger charge is 2.22. The van der Waals surface area contributed by atoms with E-state index in [1.54, 1.807) is 18.8 Å². The zero-order valence-corrected chi connectivity index (χ0v) is 15.2. The molecule has 0 amide bonds.